The highest BCUT2D eigenvalue weighted by Crippen LogP contribution is 2.20. The molecule has 0 aliphatic carbocycles. The standard InChI is InChI=1S/C16H21N3O4/c1-18(2)16(23)17-13-5-3-4-12(10-13)14(20)19-8-6-11(7-9-19)15(21)22/h3-5,10-11H,6-9H2,1-2H3,(H,17,23)(H,21,22). The molecule has 0 radical (unpaired) electrons. The Morgan fingerprint density at radius 1 is 1.22 bits per heavy atom. The van der Waals surface area contributed by atoms with Crippen molar-refractivity contribution in [2.45, 2.75) is 12.8 Å². The monoisotopic (exact) mass is 319 g/mol. The van der Waals surface area contributed by atoms with Crippen molar-refractivity contribution >= 4 is 23.6 Å². The van der Waals surface area contributed by atoms with E-state index in [2.05, 4.69) is 5.32 Å². The number of amides is 3. The maximum atomic E-state index is 12.5. The summed E-state index contributed by atoms with van der Waals surface area (Å²) in [5, 5.41) is 11.7. The van der Waals surface area contributed by atoms with Crippen LogP contribution < -0.4 is 5.32 Å². The van der Waals surface area contributed by atoms with Gasteiger partial charge in [-0.2, -0.15) is 0 Å². The molecule has 23 heavy (non-hydrogen) atoms. The van der Waals surface area contributed by atoms with Crippen molar-refractivity contribution in [3.8, 4) is 0 Å². The Kier molecular flexibility index (Phi) is 5.20. The van der Waals surface area contributed by atoms with Crippen molar-refractivity contribution in [1.82, 2.24) is 9.80 Å². The summed E-state index contributed by atoms with van der Waals surface area (Å²) in [4.78, 5) is 38.2. The van der Waals surface area contributed by atoms with Crippen LogP contribution in [0.1, 0.15) is 23.2 Å². The molecule has 2 rings (SSSR count). The lowest BCUT2D eigenvalue weighted by Gasteiger charge is -2.30. The lowest BCUT2D eigenvalue weighted by molar-refractivity contribution is -0.143. The SMILES string of the molecule is CN(C)C(=O)Nc1cccc(C(=O)N2CCC(C(=O)O)CC2)c1. The molecule has 3 amide bonds. The Morgan fingerprint density at radius 3 is 2.43 bits per heavy atom. The number of hydrogen-bond acceptors (Lipinski definition) is 3. The molecule has 1 aliphatic rings. The number of benzene rings is 1. The second-order valence-corrected chi connectivity index (χ2v) is 5.81. The normalized spacial score (nSPS) is 15.1. The number of aliphatic carboxylic acids is 1. The van der Waals surface area contributed by atoms with Gasteiger partial charge in [-0.15, -0.1) is 0 Å². The van der Waals surface area contributed by atoms with Crippen molar-refractivity contribution in [2.24, 2.45) is 5.92 Å². The number of carboxylic acid groups (broad SMARTS) is 1. The summed E-state index contributed by atoms with van der Waals surface area (Å²) >= 11 is 0. The average molecular weight is 319 g/mol. The second kappa shape index (κ2) is 7.13. The van der Waals surface area contributed by atoms with Gasteiger partial charge in [-0.1, -0.05) is 6.07 Å². The zero-order valence-corrected chi connectivity index (χ0v) is 13.3. The van der Waals surface area contributed by atoms with Gasteiger partial charge in [0.2, 0.25) is 0 Å². The van der Waals surface area contributed by atoms with E-state index in [-0.39, 0.29) is 17.9 Å². The molecule has 1 aromatic carbocycles. The fourth-order valence-corrected chi connectivity index (χ4v) is 2.48. The van der Waals surface area contributed by atoms with Gasteiger partial charge in [0, 0.05) is 38.4 Å². The number of carbonyl (C=O) groups is 3. The third kappa shape index (κ3) is 4.21. The van der Waals surface area contributed by atoms with Crippen molar-refractivity contribution in [2.75, 3.05) is 32.5 Å². The molecule has 0 unspecified atom stereocenters. The molecule has 124 valence electrons. The highest BCUT2D eigenvalue weighted by Gasteiger charge is 2.27. The first-order chi connectivity index (χ1) is 10.9. The molecule has 0 bridgehead atoms. The first-order valence-corrected chi connectivity index (χ1v) is 7.49. The summed E-state index contributed by atoms with van der Waals surface area (Å²) in [7, 11) is 3.27. The van der Waals surface area contributed by atoms with Crippen LogP contribution in [-0.2, 0) is 4.79 Å². The Hall–Kier alpha value is -2.57. The van der Waals surface area contributed by atoms with E-state index in [0.717, 1.165) is 0 Å². The zero-order chi connectivity index (χ0) is 17.0. The maximum Gasteiger partial charge on any atom is 0.321 e. The Balaban J connectivity index is 2.03. The molecule has 0 atom stereocenters. The largest absolute Gasteiger partial charge is 0.481 e. The van der Waals surface area contributed by atoms with Crippen LogP contribution in [0.2, 0.25) is 0 Å². The smallest absolute Gasteiger partial charge is 0.321 e. The number of urea groups is 1. The van der Waals surface area contributed by atoms with Gasteiger partial charge in [0.05, 0.1) is 5.92 Å². The van der Waals surface area contributed by atoms with E-state index in [1.807, 2.05) is 0 Å². The molecule has 1 aromatic rings. The summed E-state index contributed by atoms with van der Waals surface area (Å²) in [6, 6.07) is 6.48. The van der Waals surface area contributed by atoms with Crippen LogP contribution in [0.25, 0.3) is 0 Å². The number of nitrogens with one attached hydrogen (secondary N) is 1. The van der Waals surface area contributed by atoms with Gasteiger partial charge in [0.25, 0.3) is 5.91 Å². The summed E-state index contributed by atoms with van der Waals surface area (Å²) < 4.78 is 0. The molecule has 1 heterocycles. The van der Waals surface area contributed by atoms with Crippen LogP contribution in [0.3, 0.4) is 0 Å². The molecule has 7 heteroatoms. The molecule has 0 saturated carbocycles. The average Bonchev–Trinajstić information content (AvgIpc) is 2.54. The van der Waals surface area contributed by atoms with E-state index in [4.69, 9.17) is 5.11 Å². The van der Waals surface area contributed by atoms with Gasteiger partial charge in [-0.05, 0) is 31.0 Å². The van der Waals surface area contributed by atoms with Gasteiger partial charge in [-0.3, -0.25) is 9.59 Å². The third-order valence-electron chi connectivity index (χ3n) is 3.90. The molecule has 7 nitrogen and oxygen atoms in total. The molecular formula is C16H21N3O4. The van der Waals surface area contributed by atoms with Crippen molar-refractivity contribution < 1.29 is 19.5 Å². The number of hydrogen-bond donors (Lipinski definition) is 2. The number of carboxylic acids is 1. The fourth-order valence-electron chi connectivity index (χ4n) is 2.48. The van der Waals surface area contributed by atoms with Gasteiger partial charge >= 0.3 is 12.0 Å². The molecule has 1 fully saturated rings. The van der Waals surface area contributed by atoms with E-state index >= 15 is 0 Å². The maximum absolute atomic E-state index is 12.5. The number of anilines is 1. The van der Waals surface area contributed by atoms with Crippen LogP contribution >= 0.6 is 0 Å². The molecule has 0 aromatic heterocycles. The van der Waals surface area contributed by atoms with Crippen LogP contribution in [0.4, 0.5) is 10.5 Å². The minimum Gasteiger partial charge on any atom is -0.481 e. The predicted octanol–water partition coefficient (Wildman–Crippen LogP) is 1.72. The number of piperidine rings is 1. The predicted molar refractivity (Wildman–Crippen MR) is 85.4 cm³/mol. The number of rotatable bonds is 3. The lowest BCUT2D eigenvalue weighted by Crippen LogP contribution is -2.40. The van der Waals surface area contributed by atoms with Gasteiger partial charge in [-0.25, -0.2) is 4.79 Å². The van der Waals surface area contributed by atoms with E-state index < -0.39 is 5.97 Å². The fraction of sp³-hybridized carbons (Fsp3) is 0.438. The minimum atomic E-state index is -0.800. The van der Waals surface area contributed by atoms with Gasteiger partial charge in [0.15, 0.2) is 0 Å². The molecular weight excluding hydrogens is 298 g/mol. The third-order valence-corrected chi connectivity index (χ3v) is 3.90. The van der Waals surface area contributed by atoms with Crippen LogP contribution in [-0.4, -0.2) is 60.0 Å². The van der Waals surface area contributed by atoms with Crippen LogP contribution in [0.5, 0.6) is 0 Å². The quantitative estimate of drug-likeness (QED) is 0.887. The number of nitrogens with zero attached hydrogens (tertiary/aromatic N) is 2. The van der Waals surface area contributed by atoms with Crippen molar-refractivity contribution in [3.63, 3.8) is 0 Å². The topological polar surface area (TPSA) is 90.0 Å². The highest BCUT2D eigenvalue weighted by molar-refractivity contribution is 5.97. The molecule has 2 N–H and O–H groups in total. The zero-order valence-electron chi connectivity index (χ0n) is 13.3. The summed E-state index contributed by atoms with van der Waals surface area (Å²) in [5.74, 6) is -1.31. The van der Waals surface area contributed by atoms with Gasteiger partial charge in [0.1, 0.15) is 0 Å². The summed E-state index contributed by atoms with van der Waals surface area (Å²) in [6.45, 7) is 0.869. The summed E-state index contributed by atoms with van der Waals surface area (Å²) in [5.41, 5.74) is 1.03. The van der Waals surface area contributed by atoms with E-state index in [0.29, 0.717) is 37.2 Å². The van der Waals surface area contributed by atoms with Crippen molar-refractivity contribution in [3.05, 3.63) is 29.8 Å². The lowest BCUT2D eigenvalue weighted by atomic mass is 9.96. The molecule has 1 aliphatic heterocycles. The highest BCUT2D eigenvalue weighted by atomic mass is 16.4. The van der Waals surface area contributed by atoms with E-state index in [9.17, 15) is 14.4 Å². The number of carbonyl (C=O) groups excluding carboxylic acids is 2. The number of likely N-dealkylation sites (tertiary alicyclic amines) is 1. The van der Waals surface area contributed by atoms with Crippen molar-refractivity contribution in [1.29, 1.82) is 0 Å². The molecule has 0 spiro atoms. The first kappa shape index (κ1) is 16.8. The summed E-state index contributed by atoms with van der Waals surface area (Å²) in [6.07, 6.45) is 0.941. The first-order valence-electron chi connectivity index (χ1n) is 7.49. The van der Waals surface area contributed by atoms with E-state index in [1.54, 1.807) is 43.3 Å². The van der Waals surface area contributed by atoms with Gasteiger partial charge < -0.3 is 20.2 Å². The minimum absolute atomic E-state index is 0.144. The van der Waals surface area contributed by atoms with E-state index in [1.165, 1.54) is 4.90 Å². The molecule has 1 saturated heterocycles. The van der Waals surface area contributed by atoms with Crippen LogP contribution in [0, 0.1) is 5.92 Å². The Morgan fingerprint density at radius 2 is 1.87 bits per heavy atom. The Labute approximate surface area is 134 Å². The second-order valence-electron chi connectivity index (χ2n) is 5.81. The Bertz CT molecular complexity index is 607. The van der Waals surface area contributed by atoms with Crippen LogP contribution in [0.15, 0.2) is 24.3 Å².